The van der Waals surface area contributed by atoms with Crippen LogP contribution in [0.5, 0.6) is 11.8 Å². The van der Waals surface area contributed by atoms with E-state index in [1.807, 2.05) is 68.4 Å². The molecule has 0 aliphatic rings. The fraction of sp³-hybridized carbons (Fsp3) is 0.105. The molecular formula is C19H16N4O2. The molecule has 0 aliphatic heterocycles. The van der Waals surface area contributed by atoms with Gasteiger partial charge in [0.05, 0.1) is 0 Å². The van der Waals surface area contributed by atoms with Gasteiger partial charge in [-0.3, -0.25) is 0 Å². The number of hydrogen-bond acceptors (Lipinski definition) is 6. The van der Waals surface area contributed by atoms with Gasteiger partial charge in [-0.05, 0) is 56.3 Å². The monoisotopic (exact) mass is 332 g/mol. The summed E-state index contributed by atoms with van der Waals surface area (Å²) in [5.41, 5.74) is 4.16. The van der Waals surface area contributed by atoms with Gasteiger partial charge in [-0.15, -0.1) is 0 Å². The fourth-order valence-electron chi connectivity index (χ4n) is 2.50. The molecule has 0 fully saturated rings. The summed E-state index contributed by atoms with van der Waals surface area (Å²) in [7, 11) is 0. The summed E-state index contributed by atoms with van der Waals surface area (Å²) in [6.45, 7) is 3.82. The van der Waals surface area contributed by atoms with E-state index in [2.05, 4.69) is 20.3 Å². The van der Waals surface area contributed by atoms with Crippen LogP contribution in [-0.2, 0) is 0 Å². The molecule has 6 heteroatoms. The van der Waals surface area contributed by atoms with Crippen LogP contribution >= 0.6 is 0 Å². The SMILES string of the molecule is Cc1cc(C)nc(Oc2ccc(Nc3nc4ccccc4o3)cc2)n1. The molecule has 0 aliphatic carbocycles. The molecule has 4 aromatic rings. The summed E-state index contributed by atoms with van der Waals surface area (Å²) in [6.07, 6.45) is 0. The number of aryl methyl sites for hydroxylation is 2. The van der Waals surface area contributed by atoms with Crippen LogP contribution in [0.1, 0.15) is 11.4 Å². The molecule has 25 heavy (non-hydrogen) atoms. The topological polar surface area (TPSA) is 73.1 Å². The highest BCUT2D eigenvalue weighted by Gasteiger charge is 2.06. The van der Waals surface area contributed by atoms with Crippen molar-refractivity contribution in [1.82, 2.24) is 15.0 Å². The number of benzene rings is 2. The van der Waals surface area contributed by atoms with Crippen molar-refractivity contribution in [3.8, 4) is 11.8 Å². The Kier molecular flexibility index (Phi) is 3.78. The van der Waals surface area contributed by atoms with E-state index in [0.717, 1.165) is 28.2 Å². The van der Waals surface area contributed by atoms with Crippen molar-refractivity contribution < 1.29 is 9.15 Å². The standard InChI is InChI=1S/C19H16N4O2/c1-12-11-13(2)21-18(20-12)24-15-9-7-14(8-10-15)22-19-23-16-5-3-4-6-17(16)25-19/h3-11H,1-2H3,(H,22,23). The van der Waals surface area contributed by atoms with Gasteiger partial charge in [0.1, 0.15) is 11.3 Å². The van der Waals surface area contributed by atoms with Gasteiger partial charge in [0.25, 0.3) is 6.01 Å². The lowest BCUT2D eigenvalue weighted by atomic mass is 10.3. The average molecular weight is 332 g/mol. The van der Waals surface area contributed by atoms with E-state index in [-0.39, 0.29) is 0 Å². The number of ether oxygens (including phenoxy) is 1. The maximum Gasteiger partial charge on any atom is 0.322 e. The predicted octanol–water partition coefficient (Wildman–Crippen LogP) is 4.77. The van der Waals surface area contributed by atoms with E-state index in [0.29, 0.717) is 17.8 Å². The second-order valence-corrected chi connectivity index (χ2v) is 5.67. The highest BCUT2D eigenvalue weighted by Crippen LogP contribution is 2.25. The molecule has 0 bridgehead atoms. The van der Waals surface area contributed by atoms with Gasteiger partial charge in [0, 0.05) is 17.1 Å². The van der Waals surface area contributed by atoms with Crippen molar-refractivity contribution in [3.63, 3.8) is 0 Å². The van der Waals surface area contributed by atoms with Crippen molar-refractivity contribution in [1.29, 1.82) is 0 Å². The molecule has 6 nitrogen and oxygen atoms in total. The van der Waals surface area contributed by atoms with Gasteiger partial charge in [0.15, 0.2) is 5.58 Å². The number of nitrogens with one attached hydrogen (secondary N) is 1. The zero-order chi connectivity index (χ0) is 17.2. The first-order valence-corrected chi connectivity index (χ1v) is 7.88. The van der Waals surface area contributed by atoms with Crippen LogP contribution in [0.2, 0.25) is 0 Å². The van der Waals surface area contributed by atoms with E-state index < -0.39 is 0 Å². The van der Waals surface area contributed by atoms with Gasteiger partial charge >= 0.3 is 6.01 Å². The first-order chi connectivity index (χ1) is 12.2. The van der Waals surface area contributed by atoms with Crippen molar-refractivity contribution in [2.45, 2.75) is 13.8 Å². The van der Waals surface area contributed by atoms with Crippen LogP contribution < -0.4 is 10.1 Å². The molecular weight excluding hydrogens is 316 g/mol. The summed E-state index contributed by atoms with van der Waals surface area (Å²) in [5, 5.41) is 3.14. The number of oxazole rings is 1. The normalized spacial score (nSPS) is 10.8. The largest absolute Gasteiger partial charge is 0.424 e. The number of aromatic nitrogens is 3. The summed E-state index contributed by atoms with van der Waals surface area (Å²) in [5.74, 6) is 0.660. The number of anilines is 2. The Bertz CT molecular complexity index is 972. The van der Waals surface area contributed by atoms with E-state index >= 15 is 0 Å². The summed E-state index contributed by atoms with van der Waals surface area (Å²) >= 11 is 0. The Labute approximate surface area is 144 Å². The molecule has 0 radical (unpaired) electrons. The summed E-state index contributed by atoms with van der Waals surface area (Å²) < 4.78 is 11.4. The van der Waals surface area contributed by atoms with E-state index in [1.165, 1.54) is 0 Å². The molecule has 124 valence electrons. The maximum absolute atomic E-state index is 5.70. The third-order valence-corrected chi connectivity index (χ3v) is 3.57. The number of rotatable bonds is 4. The molecule has 0 atom stereocenters. The Morgan fingerprint density at radius 2 is 1.60 bits per heavy atom. The number of nitrogens with zero attached hydrogens (tertiary/aromatic N) is 3. The number of para-hydroxylation sites is 2. The van der Waals surface area contributed by atoms with E-state index in [9.17, 15) is 0 Å². The van der Waals surface area contributed by atoms with E-state index in [1.54, 1.807) is 0 Å². The third-order valence-electron chi connectivity index (χ3n) is 3.57. The first-order valence-electron chi connectivity index (χ1n) is 7.88. The molecule has 0 amide bonds. The van der Waals surface area contributed by atoms with Crippen molar-refractivity contribution in [3.05, 3.63) is 66.0 Å². The second kappa shape index (κ2) is 6.24. The van der Waals surface area contributed by atoms with Crippen LogP contribution in [0, 0.1) is 13.8 Å². The molecule has 0 saturated carbocycles. The van der Waals surface area contributed by atoms with Crippen molar-refractivity contribution >= 4 is 22.8 Å². The Hall–Kier alpha value is -3.41. The highest BCUT2D eigenvalue weighted by molar-refractivity contribution is 5.75. The average Bonchev–Trinajstić information content (AvgIpc) is 2.98. The minimum Gasteiger partial charge on any atom is -0.424 e. The summed E-state index contributed by atoms with van der Waals surface area (Å²) in [6, 6.07) is 17.8. The molecule has 0 unspecified atom stereocenters. The van der Waals surface area contributed by atoms with E-state index in [4.69, 9.17) is 9.15 Å². The van der Waals surface area contributed by atoms with Gasteiger partial charge in [-0.25, -0.2) is 9.97 Å². The minimum absolute atomic E-state index is 0.345. The lowest BCUT2D eigenvalue weighted by Gasteiger charge is -2.07. The Morgan fingerprint density at radius 1 is 0.880 bits per heavy atom. The van der Waals surface area contributed by atoms with Crippen LogP contribution in [0.3, 0.4) is 0 Å². The molecule has 2 aromatic carbocycles. The van der Waals surface area contributed by atoms with Crippen LogP contribution in [0.25, 0.3) is 11.1 Å². The number of fused-ring (bicyclic) bond motifs is 1. The predicted molar refractivity (Wildman–Crippen MR) is 95.3 cm³/mol. The quantitative estimate of drug-likeness (QED) is 0.580. The molecule has 1 N–H and O–H groups in total. The van der Waals surface area contributed by atoms with Crippen molar-refractivity contribution in [2.75, 3.05) is 5.32 Å². The molecule has 0 saturated heterocycles. The molecule has 2 aromatic heterocycles. The van der Waals surface area contributed by atoms with Crippen LogP contribution in [-0.4, -0.2) is 15.0 Å². The first kappa shape index (κ1) is 15.1. The zero-order valence-corrected chi connectivity index (χ0v) is 13.9. The van der Waals surface area contributed by atoms with Crippen LogP contribution in [0.15, 0.2) is 59.0 Å². The van der Waals surface area contributed by atoms with Gasteiger partial charge in [-0.1, -0.05) is 12.1 Å². The smallest absolute Gasteiger partial charge is 0.322 e. The maximum atomic E-state index is 5.70. The van der Waals surface area contributed by atoms with Gasteiger partial charge in [0.2, 0.25) is 0 Å². The second-order valence-electron chi connectivity index (χ2n) is 5.67. The van der Waals surface area contributed by atoms with Crippen LogP contribution in [0.4, 0.5) is 11.7 Å². The van der Waals surface area contributed by atoms with Crippen molar-refractivity contribution in [2.24, 2.45) is 0 Å². The van der Waals surface area contributed by atoms with Gasteiger partial charge < -0.3 is 14.5 Å². The minimum atomic E-state index is 0.345. The molecule has 2 heterocycles. The molecule has 4 rings (SSSR count). The third kappa shape index (κ3) is 3.42. The fourth-order valence-corrected chi connectivity index (χ4v) is 2.50. The summed E-state index contributed by atoms with van der Waals surface area (Å²) in [4.78, 5) is 12.9. The Morgan fingerprint density at radius 3 is 2.32 bits per heavy atom. The number of hydrogen-bond donors (Lipinski definition) is 1. The lowest BCUT2D eigenvalue weighted by molar-refractivity contribution is 0.439. The Balaban J connectivity index is 1.49. The highest BCUT2D eigenvalue weighted by atomic mass is 16.5. The molecule has 0 spiro atoms. The lowest BCUT2D eigenvalue weighted by Crippen LogP contribution is -1.96. The zero-order valence-electron chi connectivity index (χ0n) is 13.9. The van der Waals surface area contributed by atoms with Gasteiger partial charge in [-0.2, -0.15) is 4.98 Å².